The van der Waals surface area contributed by atoms with E-state index in [0.29, 0.717) is 0 Å². The number of alkyl halides is 3. The zero-order valence-corrected chi connectivity index (χ0v) is 11.8. The summed E-state index contributed by atoms with van der Waals surface area (Å²) in [6.45, 7) is 0. The van der Waals surface area contributed by atoms with Crippen molar-refractivity contribution in [2.24, 2.45) is 0 Å². The maximum Gasteiger partial charge on any atom is 0.446 e. The Morgan fingerprint density at radius 1 is 1.50 bits per heavy atom. The quantitative estimate of drug-likeness (QED) is 0.443. The van der Waals surface area contributed by atoms with Gasteiger partial charge in [0.1, 0.15) is 6.07 Å². The number of hydrogen-bond donors (Lipinski definition) is 0. The Balaban J connectivity index is 3.40. The molecule has 0 saturated heterocycles. The molecule has 0 saturated carbocycles. The van der Waals surface area contributed by atoms with Crippen LogP contribution in [0.1, 0.15) is 15.9 Å². The van der Waals surface area contributed by atoms with E-state index in [9.17, 15) is 18.0 Å². The van der Waals surface area contributed by atoms with Crippen molar-refractivity contribution in [1.82, 2.24) is 0 Å². The molecule has 0 aliphatic heterocycles. The molecule has 0 spiro atoms. The van der Waals surface area contributed by atoms with Gasteiger partial charge in [-0.3, -0.25) is 0 Å². The highest BCUT2D eigenvalue weighted by atomic mass is 127. The lowest BCUT2D eigenvalue weighted by Crippen LogP contribution is -2.10. The van der Waals surface area contributed by atoms with Gasteiger partial charge in [0.15, 0.2) is 0 Å². The zero-order valence-electron chi connectivity index (χ0n) is 8.84. The van der Waals surface area contributed by atoms with E-state index in [-0.39, 0.29) is 19.6 Å². The maximum absolute atomic E-state index is 12.3. The maximum atomic E-state index is 12.3. The predicted octanol–water partition coefficient (Wildman–Crippen LogP) is 3.56. The largest absolute Gasteiger partial charge is 0.465 e. The highest BCUT2D eigenvalue weighted by molar-refractivity contribution is 14.1. The van der Waals surface area contributed by atoms with Crippen molar-refractivity contribution in [3.8, 4) is 6.07 Å². The van der Waals surface area contributed by atoms with Crippen LogP contribution in [0.2, 0.25) is 0 Å². The van der Waals surface area contributed by atoms with Crippen molar-refractivity contribution in [3.05, 3.63) is 26.8 Å². The average Bonchev–Trinajstić information content (AvgIpc) is 2.26. The van der Waals surface area contributed by atoms with Gasteiger partial charge in [0.25, 0.3) is 0 Å². The third kappa shape index (κ3) is 3.52. The number of thioether (sulfide) groups is 1. The molecule has 1 aromatic rings. The number of hydrogen-bond acceptors (Lipinski definition) is 4. The molecule has 0 bridgehead atoms. The molecule has 0 fully saturated rings. The normalized spacial score (nSPS) is 10.9. The van der Waals surface area contributed by atoms with E-state index in [1.54, 1.807) is 28.7 Å². The predicted molar refractivity (Wildman–Crippen MR) is 67.1 cm³/mol. The standard InChI is InChI=1S/C10H5F3INO2S/c1-17-9(16)7-6(18-10(11,12)13)3-2-5(4-15)8(7)14/h2-3H,1H3. The van der Waals surface area contributed by atoms with E-state index in [1.165, 1.54) is 6.07 Å². The van der Waals surface area contributed by atoms with Crippen LogP contribution in [0.15, 0.2) is 17.0 Å². The number of halogens is 4. The lowest BCUT2D eigenvalue weighted by Gasteiger charge is -2.12. The summed E-state index contributed by atoms with van der Waals surface area (Å²) in [5.41, 5.74) is -4.62. The Morgan fingerprint density at radius 2 is 2.11 bits per heavy atom. The second-order valence-corrected chi connectivity index (χ2v) is 5.14. The van der Waals surface area contributed by atoms with Gasteiger partial charge >= 0.3 is 11.5 Å². The Hall–Kier alpha value is -0.950. The van der Waals surface area contributed by atoms with Crippen LogP contribution < -0.4 is 0 Å². The number of ether oxygens (including phenoxy) is 1. The summed E-state index contributed by atoms with van der Waals surface area (Å²) in [5.74, 6) is -0.900. The summed E-state index contributed by atoms with van der Waals surface area (Å²) in [7, 11) is 1.07. The highest BCUT2D eigenvalue weighted by Gasteiger charge is 2.32. The third-order valence-electron chi connectivity index (χ3n) is 1.84. The minimum absolute atomic E-state index is 0.127. The van der Waals surface area contributed by atoms with E-state index in [0.717, 1.165) is 13.2 Å². The molecule has 0 N–H and O–H groups in total. The van der Waals surface area contributed by atoms with E-state index in [1.807, 2.05) is 0 Å². The Bertz CT molecular complexity index is 525. The Morgan fingerprint density at radius 3 is 2.56 bits per heavy atom. The van der Waals surface area contributed by atoms with Gasteiger partial charge in [0.2, 0.25) is 0 Å². The molecule has 18 heavy (non-hydrogen) atoms. The molecule has 1 rings (SSSR count). The van der Waals surface area contributed by atoms with Crippen molar-refractivity contribution in [2.45, 2.75) is 10.4 Å². The minimum Gasteiger partial charge on any atom is -0.465 e. The smallest absolute Gasteiger partial charge is 0.446 e. The first kappa shape index (κ1) is 15.1. The van der Waals surface area contributed by atoms with Crippen LogP contribution in [0.5, 0.6) is 0 Å². The summed E-state index contributed by atoms with van der Waals surface area (Å²) >= 11 is 1.24. The van der Waals surface area contributed by atoms with Gasteiger partial charge in [-0.1, -0.05) is 0 Å². The summed E-state index contributed by atoms with van der Waals surface area (Å²) in [6, 6.07) is 4.13. The Kier molecular flexibility index (Phi) is 4.86. The van der Waals surface area contributed by atoms with Crippen LogP contribution >= 0.6 is 34.4 Å². The number of methoxy groups -OCH3 is 1. The lowest BCUT2D eigenvalue weighted by molar-refractivity contribution is -0.0328. The summed E-state index contributed by atoms with van der Waals surface area (Å²) < 4.78 is 41.6. The molecular formula is C10H5F3INO2S. The molecule has 1 aromatic carbocycles. The van der Waals surface area contributed by atoms with Gasteiger partial charge in [-0.25, -0.2) is 4.79 Å². The second-order valence-electron chi connectivity index (χ2n) is 2.95. The monoisotopic (exact) mass is 387 g/mol. The number of carbonyl (C=O) groups is 1. The number of nitrogens with zero attached hydrogens (tertiary/aromatic N) is 1. The van der Waals surface area contributed by atoms with Gasteiger partial charge in [-0.2, -0.15) is 18.4 Å². The first-order valence-corrected chi connectivity index (χ1v) is 6.26. The molecule has 0 atom stereocenters. The van der Waals surface area contributed by atoms with E-state index < -0.39 is 23.2 Å². The van der Waals surface area contributed by atoms with Crippen molar-refractivity contribution in [3.63, 3.8) is 0 Å². The van der Waals surface area contributed by atoms with Crippen LogP contribution in [-0.2, 0) is 4.74 Å². The SMILES string of the molecule is COC(=O)c1c(SC(F)(F)F)ccc(C#N)c1I. The fourth-order valence-electron chi connectivity index (χ4n) is 1.15. The van der Waals surface area contributed by atoms with E-state index in [2.05, 4.69) is 4.74 Å². The third-order valence-corrected chi connectivity index (χ3v) is 3.75. The van der Waals surface area contributed by atoms with Crippen molar-refractivity contribution >= 4 is 40.3 Å². The van der Waals surface area contributed by atoms with Crippen molar-refractivity contribution in [1.29, 1.82) is 5.26 Å². The average molecular weight is 387 g/mol. The van der Waals surface area contributed by atoms with Gasteiger partial charge in [-0.05, 0) is 46.5 Å². The molecule has 3 nitrogen and oxygen atoms in total. The number of rotatable bonds is 2. The van der Waals surface area contributed by atoms with Gasteiger partial charge in [-0.15, -0.1) is 0 Å². The van der Waals surface area contributed by atoms with Crippen molar-refractivity contribution < 1.29 is 22.7 Å². The van der Waals surface area contributed by atoms with Gasteiger partial charge in [0, 0.05) is 8.47 Å². The fourth-order valence-corrected chi connectivity index (χ4v) is 2.81. The molecule has 0 unspecified atom stereocenters. The number of carbonyl (C=O) groups excluding carboxylic acids is 1. The van der Waals surface area contributed by atoms with Crippen molar-refractivity contribution in [2.75, 3.05) is 7.11 Å². The van der Waals surface area contributed by atoms with Crippen LogP contribution in [0, 0.1) is 14.9 Å². The second kappa shape index (κ2) is 5.79. The van der Waals surface area contributed by atoms with E-state index in [4.69, 9.17) is 5.26 Å². The van der Waals surface area contributed by atoms with Gasteiger partial charge < -0.3 is 4.74 Å². The molecule has 0 aliphatic rings. The van der Waals surface area contributed by atoms with E-state index >= 15 is 0 Å². The highest BCUT2D eigenvalue weighted by Crippen LogP contribution is 2.40. The summed E-state index contributed by atoms with van der Waals surface area (Å²) in [5, 5.41) is 8.78. The molecule has 0 radical (unpaired) electrons. The fraction of sp³-hybridized carbons (Fsp3) is 0.200. The van der Waals surface area contributed by atoms with Gasteiger partial charge in [0.05, 0.1) is 18.2 Å². The molecule has 0 aromatic heterocycles. The first-order valence-electron chi connectivity index (χ1n) is 4.36. The zero-order chi connectivity index (χ0) is 13.9. The number of nitriles is 1. The summed E-state index contributed by atoms with van der Waals surface area (Å²) in [6.07, 6.45) is 0. The van der Waals surface area contributed by atoms with Crippen LogP contribution in [0.3, 0.4) is 0 Å². The summed E-state index contributed by atoms with van der Waals surface area (Å²) in [4.78, 5) is 11.2. The topological polar surface area (TPSA) is 50.1 Å². The molecule has 0 aliphatic carbocycles. The molecular weight excluding hydrogens is 382 g/mol. The molecule has 96 valence electrons. The number of esters is 1. The molecule has 0 heterocycles. The Labute approximate surface area is 118 Å². The minimum atomic E-state index is -4.51. The molecule has 0 amide bonds. The molecule has 8 heteroatoms. The van der Waals surface area contributed by atoms with Crippen LogP contribution in [-0.4, -0.2) is 18.6 Å². The lowest BCUT2D eigenvalue weighted by atomic mass is 10.1. The number of benzene rings is 1. The van der Waals surface area contributed by atoms with Crippen LogP contribution in [0.4, 0.5) is 13.2 Å². The first-order chi connectivity index (χ1) is 8.30. The van der Waals surface area contributed by atoms with Crippen LogP contribution in [0.25, 0.3) is 0 Å².